The number of para-hydroxylation sites is 1. The Morgan fingerprint density at radius 1 is 0.840 bits per heavy atom. The lowest BCUT2D eigenvalue weighted by atomic mass is 10.1. The van der Waals surface area contributed by atoms with Crippen LogP contribution < -0.4 is 0 Å². The molecule has 3 aromatic heterocycles. The summed E-state index contributed by atoms with van der Waals surface area (Å²) in [6, 6.07) is 20.6. The molecular weight excluding hydrogens is 378 g/mol. The van der Waals surface area contributed by atoms with E-state index < -0.39 is 0 Å². The first-order chi connectivity index (χ1) is 12.3. The van der Waals surface area contributed by atoms with Crippen molar-refractivity contribution in [3.8, 4) is 16.9 Å². The molecule has 0 saturated heterocycles. The molecule has 0 unspecified atom stereocenters. The summed E-state index contributed by atoms with van der Waals surface area (Å²) in [5.74, 6) is 0. The van der Waals surface area contributed by atoms with Crippen molar-refractivity contribution >= 4 is 32.6 Å². The van der Waals surface area contributed by atoms with Gasteiger partial charge in [-0.15, -0.1) is 0 Å². The molecule has 0 saturated carbocycles. The van der Waals surface area contributed by atoms with Crippen molar-refractivity contribution < 1.29 is 0 Å². The van der Waals surface area contributed by atoms with Crippen molar-refractivity contribution in [2.75, 3.05) is 0 Å². The molecule has 0 aliphatic heterocycles. The van der Waals surface area contributed by atoms with Crippen LogP contribution in [-0.2, 0) is 0 Å². The van der Waals surface area contributed by atoms with Gasteiger partial charge in [-0.1, -0.05) is 46.3 Å². The van der Waals surface area contributed by atoms with E-state index in [4.69, 9.17) is 0 Å². The average molecular weight is 390 g/mol. The Labute approximate surface area is 151 Å². The fourth-order valence-corrected chi connectivity index (χ4v) is 3.36. The lowest BCUT2D eigenvalue weighted by Crippen LogP contribution is -1.99. The molecule has 0 spiro atoms. The zero-order valence-electron chi connectivity index (χ0n) is 13.0. The zero-order valence-corrected chi connectivity index (χ0v) is 14.6. The summed E-state index contributed by atoms with van der Waals surface area (Å²) in [7, 11) is 0. The summed E-state index contributed by atoms with van der Waals surface area (Å²) in [5.41, 5.74) is 4.91. The molecule has 5 rings (SSSR count). The average Bonchev–Trinajstić information content (AvgIpc) is 3.27. The Bertz CT molecular complexity index is 1190. The van der Waals surface area contributed by atoms with Gasteiger partial charge in [-0.25, -0.2) is 14.5 Å². The molecule has 0 aliphatic carbocycles. The number of hydrogen-bond donors (Lipinski definition) is 0. The Kier molecular flexibility index (Phi) is 3.18. The van der Waals surface area contributed by atoms with Crippen LogP contribution >= 0.6 is 15.9 Å². The molecule has 6 heteroatoms. The minimum Gasteiger partial charge on any atom is -0.294 e. The summed E-state index contributed by atoms with van der Waals surface area (Å²) < 4.78 is 4.91. The molecular formula is C19H12BrN5. The largest absolute Gasteiger partial charge is 0.294 e. The lowest BCUT2D eigenvalue weighted by molar-refractivity contribution is 0.927. The third-order valence-corrected chi connectivity index (χ3v) is 4.76. The molecule has 25 heavy (non-hydrogen) atoms. The molecule has 5 aromatic rings. The molecule has 3 heterocycles. The van der Waals surface area contributed by atoms with Gasteiger partial charge in [0.05, 0.1) is 11.1 Å². The number of fused-ring (bicyclic) bond motifs is 3. The monoisotopic (exact) mass is 389 g/mol. The maximum absolute atomic E-state index is 4.64. The van der Waals surface area contributed by atoms with Crippen molar-refractivity contribution in [1.82, 2.24) is 24.1 Å². The second-order valence-corrected chi connectivity index (χ2v) is 6.63. The van der Waals surface area contributed by atoms with E-state index in [0.717, 1.165) is 38.1 Å². The Hall–Kier alpha value is -2.99. The second-order valence-electron chi connectivity index (χ2n) is 5.72. The van der Waals surface area contributed by atoms with Gasteiger partial charge in [-0.3, -0.25) is 4.57 Å². The van der Waals surface area contributed by atoms with Crippen LogP contribution in [0.1, 0.15) is 0 Å². The van der Waals surface area contributed by atoms with Crippen LogP contribution in [0.2, 0.25) is 0 Å². The first kappa shape index (κ1) is 14.4. The van der Waals surface area contributed by atoms with Crippen LogP contribution in [0.25, 0.3) is 33.6 Å². The standard InChI is InChI=1S/C19H12BrN5/c20-14-8-6-13(7-9-14)17-10-16-18-21-11-23-24(18)12-22-19(16)25(17)15-4-2-1-3-5-15/h1-12H. The Balaban J connectivity index is 1.90. The van der Waals surface area contributed by atoms with Crippen molar-refractivity contribution in [1.29, 1.82) is 0 Å². The minimum absolute atomic E-state index is 0.804. The van der Waals surface area contributed by atoms with Gasteiger partial charge in [-0.2, -0.15) is 5.10 Å². The summed E-state index contributed by atoms with van der Waals surface area (Å²) in [6.07, 6.45) is 3.26. The van der Waals surface area contributed by atoms with Crippen molar-refractivity contribution in [2.45, 2.75) is 0 Å². The molecule has 0 bridgehead atoms. The molecule has 0 atom stereocenters. The fourth-order valence-electron chi connectivity index (χ4n) is 3.10. The van der Waals surface area contributed by atoms with Gasteiger partial charge in [0, 0.05) is 10.2 Å². The van der Waals surface area contributed by atoms with Crippen LogP contribution in [0, 0.1) is 0 Å². The van der Waals surface area contributed by atoms with Crippen LogP contribution in [0.15, 0.2) is 77.8 Å². The SMILES string of the molecule is Brc1ccc(-c2cc3c(ncn4ncnc34)n2-c2ccccc2)cc1. The summed E-state index contributed by atoms with van der Waals surface area (Å²) in [6.45, 7) is 0. The number of hydrogen-bond acceptors (Lipinski definition) is 3. The molecule has 120 valence electrons. The van der Waals surface area contributed by atoms with Crippen molar-refractivity contribution in [2.24, 2.45) is 0 Å². The highest BCUT2D eigenvalue weighted by molar-refractivity contribution is 9.10. The van der Waals surface area contributed by atoms with Crippen LogP contribution in [0.5, 0.6) is 0 Å². The number of halogens is 1. The topological polar surface area (TPSA) is 48.0 Å². The number of aromatic nitrogens is 5. The van der Waals surface area contributed by atoms with E-state index in [9.17, 15) is 0 Å². The zero-order chi connectivity index (χ0) is 16.8. The predicted octanol–water partition coefficient (Wildman–Crippen LogP) is 4.50. The van der Waals surface area contributed by atoms with E-state index in [0.29, 0.717) is 0 Å². The highest BCUT2D eigenvalue weighted by atomic mass is 79.9. The van der Waals surface area contributed by atoms with Gasteiger partial charge < -0.3 is 0 Å². The normalized spacial score (nSPS) is 11.4. The molecule has 0 amide bonds. The maximum atomic E-state index is 4.64. The number of nitrogens with zero attached hydrogens (tertiary/aromatic N) is 5. The quantitative estimate of drug-likeness (QED) is 0.446. The summed E-state index contributed by atoms with van der Waals surface area (Å²) in [5, 5.41) is 5.17. The van der Waals surface area contributed by atoms with Crippen LogP contribution in [-0.4, -0.2) is 24.1 Å². The first-order valence-electron chi connectivity index (χ1n) is 7.82. The van der Waals surface area contributed by atoms with E-state index in [2.05, 4.69) is 65.9 Å². The fraction of sp³-hybridized carbons (Fsp3) is 0. The first-order valence-corrected chi connectivity index (χ1v) is 8.62. The van der Waals surface area contributed by atoms with E-state index in [-0.39, 0.29) is 0 Å². The van der Waals surface area contributed by atoms with Crippen molar-refractivity contribution in [3.63, 3.8) is 0 Å². The van der Waals surface area contributed by atoms with Crippen molar-refractivity contribution in [3.05, 3.63) is 77.8 Å². The highest BCUT2D eigenvalue weighted by Crippen LogP contribution is 2.32. The van der Waals surface area contributed by atoms with Gasteiger partial charge in [0.25, 0.3) is 0 Å². The minimum atomic E-state index is 0.804. The predicted molar refractivity (Wildman–Crippen MR) is 101 cm³/mol. The number of rotatable bonds is 2. The number of benzene rings is 2. The highest BCUT2D eigenvalue weighted by Gasteiger charge is 2.16. The summed E-state index contributed by atoms with van der Waals surface area (Å²) >= 11 is 3.50. The molecule has 2 aromatic carbocycles. The second kappa shape index (κ2) is 5.53. The molecule has 0 fully saturated rings. The molecule has 0 aliphatic rings. The third-order valence-electron chi connectivity index (χ3n) is 4.23. The van der Waals surface area contributed by atoms with Gasteiger partial charge in [0.1, 0.15) is 12.7 Å². The molecule has 0 radical (unpaired) electrons. The van der Waals surface area contributed by atoms with Crippen LogP contribution in [0.4, 0.5) is 0 Å². The third kappa shape index (κ3) is 2.26. The maximum Gasteiger partial charge on any atom is 0.168 e. The lowest BCUT2D eigenvalue weighted by Gasteiger charge is -2.10. The van der Waals surface area contributed by atoms with Gasteiger partial charge in [-0.05, 0) is 35.9 Å². The Morgan fingerprint density at radius 3 is 2.44 bits per heavy atom. The Morgan fingerprint density at radius 2 is 1.64 bits per heavy atom. The molecule has 0 N–H and O–H groups in total. The van der Waals surface area contributed by atoms with Crippen LogP contribution in [0.3, 0.4) is 0 Å². The van der Waals surface area contributed by atoms with E-state index in [1.54, 1.807) is 17.2 Å². The smallest absolute Gasteiger partial charge is 0.168 e. The molecule has 5 nitrogen and oxygen atoms in total. The summed E-state index contributed by atoms with van der Waals surface area (Å²) in [4.78, 5) is 9.03. The van der Waals surface area contributed by atoms with Gasteiger partial charge in [0.15, 0.2) is 11.3 Å². The van der Waals surface area contributed by atoms with E-state index >= 15 is 0 Å². The van der Waals surface area contributed by atoms with E-state index in [1.807, 2.05) is 30.3 Å². The van der Waals surface area contributed by atoms with Gasteiger partial charge >= 0.3 is 0 Å². The van der Waals surface area contributed by atoms with Gasteiger partial charge in [0.2, 0.25) is 0 Å². The van der Waals surface area contributed by atoms with E-state index in [1.165, 1.54) is 0 Å².